The molecule has 20 heavy (non-hydrogen) atoms. The maximum atomic E-state index is 4.67. The van der Waals surface area contributed by atoms with Crippen molar-refractivity contribution in [3.8, 4) is 0 Å². The van der Waals surface area contributed by atoms with E-state index in [-0.39, 0.29) is 0 Å². The van der Waals surface area contributed by atoms with Gasteiger partial charge in [-0.15, -0.1) is 0 Å². The molecule has 1 aromatic rings. The summed E-state index contributed by atoms with van der Waals surface area (Å²) in [5.41, 5.74) is 2.60. The fraction of sp³-hybridized carbons (Fsp3) is 0.824. The van der Waals surface area contributed by atoms with Gasteiger partial charge in [0, 0.05) is 24.7 Å². The number of hydrogen-bond donors (Lipinski definition) is 1. The van der Waals surface area contributed by atoms with E-state index in [2.05, 4.69) is 62.7 Å². The minimum atomic E-state index is 0.543. The summed E-state index contributed by atoms with van der Waals surface area (Å²) in [6, 6.07) is 2.83. The van der Waals surface area contributed by atoms with Crippen LogP contribution in [0.5, 0.6) is 0 Å². The third-order valence-corrected chi connectivity index (χ3v) is 4.35. The zero-order chi connectivity index (χ0) is 15.1. The summed E-state index contributed by atoms with van der Waals surface area (Å²) < 4.78 is 2.17. The molecule has 0 fully saturated rings. The van der Waals surface area contributed by atoms with E-state index in [1.165, 1.54) is 17.8 Å². The lowest BCUT2D eigenvalue weighted by Crippen LogP contribution is -2.40. The topological polar surface area (TPSA) is 29.9 Å². The van der Waals surface area contributed by atoms with Gasteiger partial charge in [0.2, 0.25) is 0 Å². The molecule has 1 aromatic heterocycles. The van der Waals surface area contributed by atoms with Crippen LogP contribution in [0.2, 0.25) is 0 Å². The molecule has 0 aliphatic carbocycles. The Hall–Kier alpha value is -0.830. The van der Waals surface area contributed by atoms with Gasteiger partial charge in [-0.1, -0.05) is 34.6 Å². The van der Waals surface area contributed by atoms with E-state index in [0.717, 1.165) is 25.9 Å². The number of nitrogens with one attached hydrogen (secondary N) is 1. The molecule has 2 unspecified atom stereocenters. The van der Waals surface area contributed by atoms with Gasteiger partial charge in [0.15, 0.2) is 0 Å². The van der Waals surface area contributed by atoms with Crippen molar-refractivity contribution in [1.82, 2.24) is 15.1 Å². The summed E-state index contributed by atoms with van der Waals surface area (Å²) >= 11 is 0. The molecule has 3 nitrogen and oxygen atoms in total. The predicted molar refractivity (Wildman–Crippen MR) is 87.1 cm³/mol. The first-order chi connectivity index (χ1) is 9.53. The number of aryl methyl sites for hydroxylation is 2. The van der Waals surface area contributed by atoms with Crippen LogP contribution in [0.25, 0.3) is 0 Å². The van der Waals surface area contributed by atoms with Crippen LogP contribution in [0.4, 0.5) is 0 Å². The van der Waals surface area contributed by atoms with Gasteiger partial charge in [0.05, 0.1) is 5.69 Å². The van der Waals surface area contributed by atoms with Gasteiger partial charge in [-0.25, -0.2) is 0 Å². The molecule has 0 amide bonds. The van der Waals surface area contributed by atoms with Gasteiger partial charge in [-0.05, 0) is 44.2 Å². The standard InChI is InChI=1S/C17H33N3/c1-7-10-18-17(14(6)13(4)5)12-16-11-15(8-2)19-20(16)9-3/h11,13-14,17-18H,7-10,12H2,1-6H3. The third-order valence-electron chi connectivity index (χ3n) is 4.35. The van der Waals surface area contributed by atoms with E-state index in [4.69, 9.17) is 0 Å². The molecule has 0 radical (unpaired) electrons. The van der Waals surface area contributed by atoms with Crippen molar-refractivity contribution in [3.05, 3.63) is 17.5 Å². The minimum Gasteiger partial charge on any atom is -0.313 e. The van der Waals surface area contributed by atoms with Crippen LogP contribution in [0.1, 0.15) is 59.4 Å². The van der Waals surface area contributed by atoms with Crippen LogP contribution >= 0.6 is 0 Å². The van der Waals surface area contributed by atoms with Crippen molar-refractivity contribution in [2.45, 2.75) is 73.4 Å². The van der Waals surface area contributed by atoms with E-state index in [9.17, 15) is 0 Å². The summed E-state index contributed by atoms with van der Waals surface area (Å²) in [6.07, 6.45) is 3.29. The zero-order valence-electron chi connectivity index (χ0n) is 14.2. The Bertz CT molecular complexity index is 382. The maximum absolute atomic E-state index is 4.67. The highest BCUT2D eigenvalue weighted by Gasteiger charge is 2.21. The third kappa shape index (κ3) is 4.62. The van der Waals surface area contributed by atoms with Gasteiger partial charge in [0.25, 0.3) is 0 Å². The molecule has 0 bridgehead atoms. The summed E-state index contributed by atoms with van der Waals surface area (Å²) in [4.78, 5) is 0. The number of nitrogens with zero attached hydrogens (tertiary/aromatic N) is 2. The first kappa shape index (κ1) is 17.2. The highest BCUT2D eigenvalue weighted by molar-refractivity contribution is 5.12. The van der Waals surface area contributed by atoms with Crippen molar-refractivity contribution in [1.29, 1.82) is 0 Å². The predicted octanol–water partition coefficient (Wildman–Crippen LogP) is 3.67. The van der Waals surface area contributed by atoms with E-state index in [1.54, 1.807) is 0 Å². The molecule has 3 heteroatoms. The van der Waals surface area contributed by atoms with Gasteiger partial charge in [-0.2, -0.15) is 5.10 Å². The molecular formula is C17H33N3. The van der Waals surface area contributed by atoms with Crippen LogP contribution in [0.15, 0.2) is 6.07 Å². The number of aromatic nitrogens is 2. The highest BCUT2D eigenvalue weighted by atomic mass is 15.3. The zero-order valence-corrected chi connectivity index (χ0v) is 14.2. The van der Waals surface area contributed by atoms with Gasteiger partial charge >= 0.3 is 0 Å². The molecule has 0 spiro atoms. The highest BCUT2D eigenvalue weighted by Crippen LogP contribution is 2.19. The molecule has 0 aliphatic heterocycles. The summed E-state index contributed by atoms with van der Waals surface area (Å²) in [7, 11) is 0. The molecule has 0 aliphatic rings. The summed E-state index contributed by atoms with van der Waals surface area (Å²) in [5.74, 6) is 1.37. The van der Waals surface area contributed by atoms with Crippen LogP contribution in [-0.2, 0) is 19.4 Å². The van der Waals surface area contributed by atoms with Gasteiger partial charge in [-0.3, -0.25) is 4.68 Å². The lowest BCUT2D eigenvalue weighted by Gasteiger charge is -2.28. The number of hydrogen-bond acceptors (Lipinski definition) is 2. The van der Waals surface area contributed by atoms with Crippen molar-refractivity contribution in [2.75, 3.05) is 6.54 Å². The molecule has 1 heterocycles. The Morgan fingerprint density at radius 1 is 1.20 bits per heavy atom. The van der Waals surface area contributed by atoms with E-state index >= 15 is 0 Å². The Kier molecular flexibility index (Phi) is 7.28. The maximum Gasteiger partial charge on any atom is 0.0624 e. The molecule has 1 rings (SSSR count). The number of rotatable bonds is 9. The Morgan fingerprint density at radius 3 is 2.40 bits per heavy atom. The lowest BCUT2D eigenvalue weighted by molar-refractivity contribution is 0.293. The lowest BCUT2D eigenvalue weighted by atomic mass is 9.87. The second-order valence-electron chi connectivity index (χ2n) is 6.16. The SMILES string of the molecule is CCCNC(Cc1cc(CC)nn1CC)C(C)C(C)C. The first-order valence-corrected chi connectivity index (χ1v) is 8.32. The average molecular weight is 279 g/mol. The van der Waals surface area contributed by atoms with Crippen LogP contribution in [0.3, 0.4) is 0 Å². The van der Waals surface area contributed by atoms with Crippen molar-refractivity contribution in [3.63, 3.8) is 0 Å². The van der Waals surface area contributed by atoms with Crippen LogP contribution < -0.4 is 5.32 Å². The first-order valence-electron chi connectivity index (χ1n) is 8.32. The van der Waals surface area contributed by atoms with Gasteiger partial charge < -0.3 is 5.32 Å². The molecule has 116 valence electrons. The fourth-order valence-corrected chi connectivity index (χ4v) is 2.59. The molecule has 1 N–H and O–H groups in total. The van der Waals surface area contributed by atoms with Crippen LogP contribution in [0, 0.1) is 11.8 Å². The molecule has 0 saturated carbocycles. The Morgan fingerprint density at radius 2 is 1.90 bits per heavy atom. The molecule has 0 aromatic carbocycles. The summed E-state index contributed by atoms with van der Waals surface area (Å²) in [5, 5.41) is 8.41. The Balaban J connectivity index is 2.84. The quantitative estimate of drug-likeness (QED) is 0.747. The fourth-order valence-electron chi connectivity index (χ4n) is 2.59. The van der Waals surface area contributed by atoms with E-state index < -0.39 is 0 Å². The summed E-state index contributed by atoms with van der Waals surface area (Å²) in [6.45, 7) is 15.7. The normalized spacial score (nSPS) is 14.8. The minimum absolute atomic E-state index is 0.543. The van der Waals surface area contributed by atoms with Crippen molar-refractivity contribution >= 4 is 0 Å². The second kappa shape index (κ2) is 8.46. The smallest absolute Gasteiger partial charge is 0.0624 e. The second-order valence-corrected chi connectivity index (χ2v) is 6.16. The average Bonchev–Trinajstić information content (AvgIpc) is 2.84. The molecule has 2 atom stereocenters. The van der Waals surface area contributed by atoms with Crippen LogP contribution in [-0.4, -0.2) is 22.4 Å². The van der Waals surface area contributed by atoms with E-state index in [1.807, 2.05) is 0 Å². The largest absolute Gasteiger partial charge is 0.313 e. The van der Waals surface area contributed by atoms with Gasteiger partial charge in [0.1, 0.15) is 0 Å². The monoisotopic (exact) mass is 279 g/mol. The van der Waals surface area contributed by atoms with Crippen molar-refractivity contribution in [2.24, 2.45) is 11.8 Å². The molecule has 0 saturated heterocycles. The van der Waals surface area contributed by atoms with Crippen molar-refractivity contribution < 1.29 is 0 Å². The Labute approximate surface area is 125 Å². The molecular weight excluding hydrogens is 246 g/mol. The van der Waals surface area contributed by atoms with E-state index in [0.29, 0.717) is 17.9 Å².